The van der Waals surface area contributed by atoms with Gasteiger partial charge in [-0.3, -0.25) is 0 Å². The van der Waals surface area contributed by atoms with Crippen molar-refractivity contribution in [1.82, 2.24) is 0 Å². The molecule has 3 heteroatoms. The first-order valence-corrected chi connectivity index (χ1v) is 4.65. The van der Waals surface area contributed by atoms with Crippen LogP contribution in [0.15, 0.2) is 18.2 Å². The van der Waals surface area contributed by atoms with Gasteiger partial charge in [0, 0.05) is 18.0 Å². The molecule has 0 heterocycles. The van der Waals surface area contributed by atoms with Crippen LogP contribution in [-0.2, 0) is 0 Å². The molecule has 0 unspecified atom stereocenters. The molecule has 0 spiro atoms. The number of benzene rings is 1. The van der Waals surface area contributed by atoms with Crippen LogP contribution in [0.25, 0.3) is 0 Å². The third kappa shape index (κ3) is 1.23. The second-order valence-corrected chi connectivity index (χ2v) is 4.49. The lowest BCUT2D eigenvalue weighted by Crippen LogP contribution is -2.06. The summed E-state index contributed by atoms with van der Waals surface area (Å²) in [6.07, 6.45) is 0. The smallest absolute Gasteiger partial charge is 0.129 e. The maximum Gasteiger partial charge on any atom is 0.129 e. The number of nitrogens with two attached hydrogens (primary N) is 1. The Balaban J connectivity index is 2.36. The molecular formula is C11H13F2N. The zero-order chi connectivity index (χ0) is 10.5. The van der Waals surface area contributed by atoms with E-state index in [0.29, 0.717) is 5.56 Å². The normalized spacial score (nSPS) is 28.9. The molecule has 0 saturated heterocycles. The molecule has 2 N–H and O–H groups in total. The molecule has 1 fully saturated rings. The van der Waals surface area contributed by atoms with Crippen LogP contribution in [0.3, 0.4) is 0 Å². The number of rotatable bonds is 1. The highest BCUT2D eigenvalue weighted by Crippen LogP contribution is 2.57. The Hall–Kier alpha value is -0.960. The highest BCUT2D eigenvalue weighted by molar-refractivity contribution is 5.35. The first-order chi connectivity index (χ1) is 6.44. The van der Waals surface area contributed by atoms with Gasteiger partial charge in [-0.2, -0.15) is 0 Å². The fourth-order valence-corrected chi connectivity index (χ4v) is 2.03. The van der Waals surface area contributed by atoms with Crippen molar-refractivity contribution in [3.8, 4) is 0 Å². The van der Waals surface area contributed by atoms with Gasteiger partial charge < -0.3 is 5.73 Å². The van der Waals surface area contributed by atoms with E-state index in [9.17, 15) is 8.78 Å². The van der Waals surface area contributed by atoms with E-state index in [4.69, 9.17) is 5.73 Å². The number of hydrogen-bond acceptors (Lipinski definition) is 1. The third-order valence-electron chi connectivity index (χ3n) is 3.21. The van der Waals surface area contributed by atoms with Crippen LogP contribution in [0.1, 0.15) is 25.3 Å². The topological polar surface area (TPSA) is 26.0 Å². The molecule has 0 amide bonds. The SMILES string of the molecule is CC1(C)[C@H](N)[C@H]1c1ccc(F)cc1F. The molecule has 1 nitrogen and oxygen atoms in total. The highest BCUT2D eigenvalue weighted by atomic mass is 19.1. The lowest BCUT2D eigenvalue weighted by molar-refractivity contribution is 0.554. The average molecular weight is 197 g/mol. The molecular weight excluding hydrogens is 184 g/mol. The molecule has 0 radical (unpaired) electrons. The standard InChI is InChI=1S/C11H13F2N/c1-11(2)9(10(11)14)7-4-3-6(12)5-8(7)13/h3-5,9-10H,14H2,1-2H3/t9-,10-/m1/s1. The van der Waals surface area contributed by atoms with Crippen LogP contribution >= 0.6 is 0 Å². The van der Waals surface area contributed by atoms with Gasteiger partial charge in [0.1, 0.15) is 11.6 Å². The molecule has 0 aliphatic heterocycles. The van der Waals surface area contributed by atoms with Gasteiger partial charge in [0.05, 0.1) is 0 Å². The first kappa shape index (κ1) is 9.59. The van der Waals surface area contributed by atoms with Gasteiger partial charge in [-0.05, 0) is 17.0 Å². The predicted molar refractivity (Wildman–Crippen MR) is 50.9 cm³/mol. The Kier molecular flexibility index (Phi) is 1.89. The van der Waals surface area contributed by atoms with Crippen molar-refractivity contribution < 1.29 is 8.78 Å². The summed E-state index contributed by atoms with van der Waals surface area (Å²) in [6, 6.07) is 3.65. The Morgan fingerprint density at radius 1 is 1.29 bits per heavy atom. The Labute approximate surface area is 81.9 Å². The van der Waals surface area contributed by atoms with E-state index in [1.165, 1.54) is 12.1 Å². The second kappa shape index (κ2) is 2.76. The summed E-state index contributed by atoms with van der Waals surface area (Å²) in [5, 5.41) is 0. The molecule has 76 valence electrons. The number of hydrogen-bond donors (Lipinski definition) is 1. The minimum absolute atomic E-state index is 0.0168. The highest BCUT2D eigenvalue weighted by Gasteiger charge is 2.56. The van der Waals surface area contributed by atoms with Crippen LogP contribution in [0.5, 0.6) is 0 Å². The van der Waals surface area contributed by atoms with E-state index in [1.807, 2.05) is 13.8 Å². The molecule has 1 saturated carbocycles. The molecule has 1 aliphatic rings. The predicted octanol–water partition coefficient (Wildman–Crippen LogP) is 2.42. The van der Waals surface area contributed by atoms with Crippen LogP contribution < -0.4 is 5.73 Å². The monoisotopic (exact) mass is 197 g/mol. The first-order valence-electron chi connectivity index (χ1n) is 4.65. The van der Waals surface area contributed by atoms with E-state index in [-0.39, 0.29) is 17.4 Å². The van der Waals surface area contributed by atoms with Crippen LogP contribution in [0.2, 0.25) is 0 Å². The Morgan fingerprint density at radius 3 is 2.29 bits per heavy atom. The molecule has 2 atom stereocenters. The average Bonchev–Trinajstić information content (AvgIpc) is 2.54. The van der Waals surface area contributed by atoms with Gasteiger partial charge in [-0.15, -0.1) is 0 Å². The molecule has 1 aromatic rings. The minimum atomic E-state index is -0.543. The molecule has 1 aromatic carbocycles. The van der Waals surface area contributed by atoms with Gasteiger partial charge in [0.25, 0.3) is 0 Å². The van der Waals surface area contributed by atoms with Crippen molar-refractivity contribution in [1.29, 1.82) is 0 Å². The van der Waals surface area contributed by atoms with Gasteiger partial charge >= 0.3 is 0 Å². The summed E-state index contributed by atoms with van der Waals surface area (Å²) in [7, 11) is 0. The summed E-state index contributed by atoms with van der Waals surface area (Å²) in [5.41, 5.74) is 6.28. The van der Waals surface area contributed by atoms with Crippen molar-refractivity contribution in [2.24, 2.45) is 11.1 Å². The lowest BCUT2D eigenvalue weighted by atomic mass is 10.0. The van der Waals surface area contributed by atoms with Crippen molar-refractivity contribution in [3.63, 3.8) is 0 Å². The zero-order valence-electron chi connectivity index (χ0n) is 8.22. The molecule has 14 heavy (non-hydrogen) atoms. The van der Waals surface area contributed by atoms with Gasteiger partial charge in [-0.25, -0.2) is 8.78 Å². The van der Waals surface area contributed by atoms with E-state index in [1.54, 1.807) is 0 Å². The maximum atomic E-state index is 13.4. The van der Waals surface area contributed by atoms with E-state index < -0.39 is 11.6 Å². The van der Waals surface area contributed by atoms with Gasteiger partial charge in [-0.1, -0.05) is 19.9 Å². The molecule has 1 aliphatic carbocycles. The third-order valence-corrected chi connectivity index (χ3v) is 3.21. The van der Waals surface area contributed by atoms with Crippen molar-refractivity contribution in [3.05, 3.63) is 35.4 Å². The Bertz CT molecular complexity index is 374. The van der Waals surface area contributed by atoms with Crippen molar-refractivity contribution >= 4 is 0 Å². The fourth-order valence-electron chi connectivity index (χ4n) is 2.03. The van der Waals surface area contributed by atoms with Crippen LogP contribution in [-0.4, -0.2) is 6.04 Å². The summed E-state index contributed by atoms with van der Waals surface area (Å²) in [6.45, 7) is 3.98. The van der Waals surface area contributed by atoms with E-state index in [2.05, 4.69) is 0 Å². The summed E-state index contributed by atoms with van der Waals surface area (Å²) in [4.78, 5) is 0. The molecule has 0 aromatic heterocycles. The lowest BCUT2D eigenvalue weighted by Gasteiger charge is -2.04. The summed E-state index contributed by atoms with van der Waals surface area (Å²) in [5.74, 6) is -1.02. The van der Waals surface area contributed by atoms with Crippen molar-refractivity contribution in [2.45, 2.75) is 25.8 Å². The Morgan fingerprint density at radius 2 is 1.86 bits per heavy atom. The largest absolute Gasteiger partial charge is 0.327 e. The quantitative estimate of drug-likeness (QED) is 0.735. The maximum absolute atomic E-state index is 13.4. The fraction of sp³-hybridized carbons (Fsp3) is 0.455. The number of halogens is 2. The van der Waals surface area contributed by atoms with E-state index in [0.717, 1.165) is 6.07 Å². The van der Waals surface area contributed by atoms with E-state index >= 15 is 0 Å². The summed E-state index contributed by atoms with van der Waals surface area (Å²) < 4.78 is 26.0. The van der Waals surface area contributed by atoms with Gasteiger partial charge in [0.15, 0.2) is 0 Å². The van der Waals surface area contributed by atoms with Gasteiger partial charge in [0.2, 0.25) is 0 Å². The van der Waals surface area contributed by atoms with Crippen LogP contribution in [0, 0.1) is 17.0 Å². The van der Waals surface area contributed by atoms with Crippen LogP contribution in [0.4, 0.5) is 8.78 Å². The molecule has 2 rings (SSSR count). The zero-order valence-corrected chi connectivity index (χ0v) is 8.22. The molecule has 0 bridgehead atoms. The van der Waals surface area contributed by atoms with Crippen molar-refractivity contribution in [2.75, 3.05) is 0 Å². The minimum Gasteiger partial charge on any atom is -0.327 e. The second-order valence-electron chi connectivity index (χ2n) is 4.49. The summed E-state index contributed by atoms with van der Waals surface area (Å²) >= 11 is 0.